The van der Waals surface area contributed by atoms with E-state index >= 15 is 0 Å². The van der Waals surface area contributed by atoms with Crippen LogP contribution in [0.25, 0.3) is 0 Å². The predicted molar refractivity (Wildman–Crippen MR) is 85.4 cm³/mol. The molecule has 0 heterocycles. The highest BCUT2D eigenvalue weighted by Crippen LogP contribution is 2.28. The number of hydrogen-bond acceptors (Lipinski definition) is 4. The van der Waals surface area contributed by atoms with Crippen molar-refractivity contribution in [3.05, 3.63) is 34.9 Å². The molecule has 6 heteroatoms. The number of nitrogens with zero attached hydrogens (tertiary/aromatic N) is 1. The molecule has 0 fully saturated rings. The van der Waals surface area contributed by atoms with Crippen molar-refractivity contribution in [2.45, 2.75) is 19.0 Å². The zero-order chi connectivity index (χ0) is 15.8. The van der Waals surface area contributed by atoms with Gasteiger partial charge in [0, 0.05) is 24.7 Å². The summed E-state index contributed by atoms with van der Waals surface area (Å²) < 4.78 is 4.90. The van der Waals surface area contributed by atoms with Crippen molar-refractivity contribution in [2.75, 3.05) is 33.9 Å². The van der Waals surface area contributed by atoms with Crippen LogP contribution in [0.4, 0.5) is 0 Å². The predicted octanol–water partition coefficient (Wildman–Crippen LogP) is 1.42. The normalized spacial score (nSPS) is 14.0. The Kier molecular flexibility index (Phi) is 7.67. The van der Waals surface area contributed by atoms with Gasteiger partial charge in [-0.15, -0.1) is 0 Å². The van der Waals surface area contributed by atoms with E-state index in [2.05, 4.69) is 5.32 Å². The first-order chi connectivity index (χ1) is 9.97. The van der Waals surface area contributed by atoms with Crippen LogP contribution in [0.2, 0.25) is 5.02 Å². The number of rotatable bonds is 8. The van der Waals surface area contributed by atoms with Crippen molar-refractivity contribution in [3.63, 3.8) is 0 Å². The number of amides is 1. The summed E-state index contributed by atoms with van der Waals surface area (Å²) in [5, 5.41) is 3.45. The molecular weight excluding hydrogens is 290 g/mol. The van der Waals surface area contributed by atoms with Gasteiger partial charge in [-0.05, 0) is 25.6 Å². The first-order valence-corrected chi connectivity index (χ1v) is 7.31. The van der Waals surface area contributed by atoms with E-state index in [4.69, 9.17) is 22.1 Å². The van der Waals surface area contributed by atoms with Crippen molar-refractivity contribution < 1.29 is 9.53 Å². The summed E-state index contributed by atoms with van der Waals surface area (Å²) in [6, 6.07) is 7.30. The zero-order valence-electron chi connectivity index (χ0n) is 12.8. The van der Waals surface area contributed by atoms with Crippen molar-refractivity contribution in [3.8, 4) is 0 Å². The van der Waals surface area contributed by atoms with Gasteiger partial charge in [0.25, 0.3) is 0 Å². The molecule has 0 aliphatic carbocycles. The number of ether oxygens (including phenoxy) is 1. The van der Waals surface area contributed by atoms with Crippen LogP contribution >= 0.6 is 11.6 Å². The van der Waals surface area contributed by atoms with Crippen molar-refractivity contribution >= 4 is 17.5 Å². The van der Waals surface area contributed by atoms with Crippen molar-refractivity contribution in [1.82, 2.24) is 10.2 Å². The van der Waals surface area contributed by atoms with Gasteiger partial charge >= 0.3 is 0 Å². The highest BCUT2D eigenvalue weighted by atomic mass is 35.5. The molecule has 1 rings (SSSR count). The Morgan fingerprint density at radius 3 is 2.71 bits per heavy atom. The average Bonchev–Trinajstić information content (AvgIpc) is 2.41. The molecule has 0 radical (unpaired) electrons. The standard InChI is InChI=1S/C15H24ClN3O2/c1-11(17)15(12-6-4-5-7-13(12)16)19(2)10-14(20)18-8-9-21-3/h4-7,11,15H,8-10,17H2,1-3H3,(H,18,20). The van der Waals surface area contributed by atoms with E-state index in [1.807, 2.05) is 43.1 Å². The quantitative estimate of drug-likeness (QED) is 0.712. The van der Waals surface area contributed by atoms with Gasteiger partial charge in [-0.3, -0.25) is 9.69 Å². The topological polar surface area (TPSA) is 67.6 Å². The molecule has 21 heavy (non-hydrogen) atoms. The van der Waals surface area contributed by atoms with E-state index in [-0.39, 0.29) is 24.5 Å². The molecule has 118 valence electrons. The SMILES string of the molecule is COCCNC(=O)CN(C)C(c1ccccc1Cl)C(C)N. The fraction of sp³-hybridized carbons (Fsp3) is 0.533. The van der Waals surface area contributed by atoms with Gasteiger partial charge < -0.3 is 15.8 Å². The number of likely N-dealkylation sites (N-methyl/N-ethyl adjacent to an activating group) is 1. The Hall–Kier alpha value is -1.14. The number of nitrogens with one attached hydrogen (secondary N) is 1. The second-order valence-corrected chi connectivity index (χ2v) is 5.49. The minimum absolute atomic E-state index is 0.0627. The summed E-state index contributed by atoms with van der Waals surface area (Å²) >= 11 is 6.25. The van der Waals surface area contributed by atoms with Gasteiger partial charge in [0.2, 0.25) is 5.91 Å². The summed E-state index contributed by atoms with van der Waals surface area (Å²) in [5.74, 6) is -0.0627. The Bertz CT molecular complexity index is 454. The minimum atomic E-state index is -0.151. The summed E-state index contributed by atoms with van der Waals surface area (Å²) in [4.78, 5) is 13.8. The summed E-state index contributed by atoms with van der Waals surface area (Å²) in [5.41, 5.74) is 7.02. The molecule has 0 saturated heterocycles. The molecular formula is C15H24ClN3O2. The fourth-order valence-electron chi connectivity index (χ4n) is 2.31. The molecule has 0 aliphatic rings. The number of nitrogens with two attached hydrogens (primary N) is 1. The lowest BCUT2D eigenvalue weighted by atomic mass is 9.99. The van der Waals surface area contributed by atoms with Crippen LogP contribution in [0.15, 0.2) is 24.3 Å². The van der Waals surface area contributed by atoms with Crippen LogP contribution in [-0.4, -0.2) is 50.7 Å². The molecule has 2 unspecified atom stereocenters. The second-order valence-electron chi connectivity index (χ2n) is 5.08. The lowest BCUT2D eigenvalue weighted by Crippen LogP contribution is -2.43. The summed E-state index contributed by atoms with van der Waals surface area (Å²) in [6.07, 6.45) is 0. The van der Waals surface area contributed by atoms with Crippen LogP contribution in [0.1, 0.15) is 18.5 Å². The number of carbonyl (C=O) groups excluding carboxylic acids is 1. The molecule has 2 atom stereocenters. The number of hydrogen-bond donors (Lipinski definition) is 2. The van der Waals surface area contributed by atoms with Crippen LogP contribution in [-0.2, 0) is 9.53 Å². The Morgan fingerprint density at radius 1 is 1.48 bits per heavy atom. The smallest absolute Gasteiger partial charge is 0.234 e. The molecule has 1 aromatic rings. The van der Waals surface area contributed by atoms with Gasteiger partial charge in [0.05, 0.1) is 19.2 Å². The molecule has 5 nitrogen and oxygen atoms in total. The molecule has 0 spiro atoms. The highest BCUT2D eigenvalue weighted by molar-refractivity contribution is 6.31. The molecule has 3 N–H and O–H groups in total. The molecule has 0 saturated carbocycles. The Morgan fingerprint density at radius 2 is 2.14 bits per heavy atom. The lowest BCUT2D eigenvalue weighted by Gasteiger charge is -2.31. The second kappa shape index (κ2) is 9.00. The molecule has 0 aromatic heterocycles. The molecule has 1 aromatic carbocycles. The first-order valence-electron chi connectivity index (χ1n) is 6.93. The van der Waals surface area contributed by atoms with E-state index < -0.39 is 0 Å². The van der Waals surface area contributed by atoms with E-state index in [0.717, 1.165) is 5.56 Å². The van der Waals surface area contributed by atoms with Gasteiger partial charge in [0.1, 0.15) is 0 Å². The van der Waals surface area contributed by atoms with Gasteiger partial charge in [-0.25, -0.2) is 0 Å². The maximum absolute atomic E-state index is 11.9. The van der Waals surface area contributed by atoms with Crippen molar-refractivity contribution in [1.29, 1.82) is 0 Å². The maximum atomic E-state index is 11.9. The van der Waals surface area contributed by atoms with Gasteiger partial charge in [0.15, 0.2) is 0 Å². The third-order valence-electron chi connectivity index (χ3n) is 3.22. The Labute approximate surface area is 131 Å². The van der Waals surface area contributed by atoms with Crippen LogP contribution < -0.4 is 11.1 Å². The molecule has 0 bridgehead atoms. The lowest BCUT2D eigenvalue weighted by molar-refractivity contribution is -0.122. The van der Waals surface area contributed by atoms with Crippen molar-refractivity contribution in [2.24, 2.45) is 5.73 Å². The highest BCUT2D eigenvalue weighted by Gasteiger charge is 2.24. The summed E-state index contributed by atoms with van der Waals surface area (Å²) in [6.45, 7) is 3.16. The molecule has 0 aliphatic heterocycles. The molecule has 1 amide bonds. The number of methoxy groups -OCH3 is 1. The van der Waals surface area contributed by atoms with E-state index in [0.29, 0.717) is 18.2 Å². The first kappa shape index (κ1) is 17.9. The van der Waals surface area contributed by atoms with E-state index in [1.165, 1.54) is 0 Å². The van der Waals surface area contributed by atoms with Gasteiger partial charge in [-0.2, -0.15) is 0 Å². The van der Waals surface area contributed by atoms with Gasteiger partial charge in [-0.1, -0.05) is 29.8 Å². The zero-order valence-corrected chi connectivity index (χ0v) is 13.6. The fourth-order valence-corrected chi connectivity index (χ4v) is 2.56. The summed E-state index contributed by atoms with van der Waals surface area (Å²) in [7, 11) is 3.47. The van der Waals surface area contributed by atoms with Crippen LogP contribution in [0.3, 0.4) is 0 Å². The number of carbonyl (C=O) groups is 1. The largest absolute Gasteiger partial charge is 0.383 e. The minimum Gasteiger partial charge on any atom is -0.383 e. The van der Waals surface area contributed by atoms with E-state index in [9.17, 15) is 4.79 Å². The Balaban J connectivity index is 2.73. The average molecular weight is 314 g/mol. The maximum Gasteiger partial charge on any atom is 0.234 e. The third kappa shape index (κ3) is 5.63. The van der Waals surface area contributed by atoms with Crippen LogP contribution in [0, 0.1) is 0 Å². The van der Waals surface area contributed by atoms with E-state index in [1.54, 1.807) is 7.11 Å². The number of halogens is 1. The number of benzene rings is 1. The van der Waals surface area contributed by atoms with Crippen LogP contribution in [0.5, 0.6) is 0 Å². The third-order valence-corrected chi connectivity index (χ3v) is 3.56. The monoisotopic (exact) mass is 313 g/mol.